The molecule has 0 aliphatic carbocycles. The molecule has 1 amide bonds. The maximum absolute atomic E-state index is 13.7. The topological polar surface area (TPSA) is 96.6 Å². The number of aryl methyl sites for hydroxylation is 1. The third-order valence-corrected chi connectivity index (χ3v) is 7.77. The third-order valence-electron chi connectivity index (χ3n) is 7.77. The van der Waals surface area contributed by atoms with Crippen LogP contribution in [0, 0.1) is 12.8 Å². The van der Waals surface area contributed by atoms with Gasteiger partial charge in [-0.25, -0.2) is 4.98 Å². The number of benzene rings is 1. The summed E-state index contributed by atoms with van der Waals surface area (Å²) in [6, 6.07) is 10.3. The van der Waals surface area contributed by atoms with E-state index in [1.807, 2.05) is 43.3 Å². The number of fused-ring (bicyclic) bond motifs is 1. The standard InChI is InChI=1S/C33H44N4O5/c1-7-35(8-2)17-12-19-37-30(24-14-15-25(26(21-24)41-9-3)42-20-16-22(4)5)28(32(39)33(37)40)31(38)29-23(6)34-27-13-10-11-18-36(27)29/h10-11,13-15,18,21-22,30,38H,7-9,12,16-17,19-20H2,1-6H3/b31-28+. The number of carbonyl (C=O) groups excluding carboxylic acids is 2. The summed E-state index contributed by atoms with van der Waals surface area (Å²) in [6.45, 7) is 16.1. The Labute approximate surface area is 248 Å². The average Bonchev–Trinajstić information content (AvgIpc) is 3.44. The fourth-order valence-corrected chi connectivity index (χ4v) is 5.47. The predicted octanol–water partition coefficient (Wildman–Crippen LogP) is 5.62. The number of ether oxygens (including phenoxy) is 2. The number of aromatic nitrogens is 2. The van der Waals surface area contributed by atoms with E-state index in [0.717, 1.165) is 26.1 Å². The van der Waals surface area contributed by atoms with E-state index in [0.29, 0.717) is 66.2 Å². The van der Waals surface area contributed by atoms with Crippen molar-refractivity contribution in [3.05, 3.63) is 65.1 Å². The van der Waals surface area contributed by atoms with Crippen LogP contribution in [0.3, 0.4) is 0 Å². The van der Waals surface area contributed by atoms with Gasteiger partial charge in [-0.1, -0.05) is 39.8 Å². The fourth-order valence-electron chi connectivity index (χ4n) is 5.47. The first-order chi connectivity index (χ1) is 20.2. The lowest BCUT2D eigenvalue weighted by Crippen LogP contribution is -2.33. The molecule has 2 aromatic heterocycles. The van der Waals surface area contributed by atoms with Crippen molar-refractivity contribution in [3.8, 4) is 11.5 Å². The monoisotopic (exact) mass is 576 g/mol. The SMILES string of the molecule is CCOc1cc(C2/C(=C(\O)c3c(C)nc4ccccn34)C(=O)C(=O)N2CCCN(CC)CC)ccc1OCCC(C)C. The Balaban J connectivity index is 1.82. The Morgan fingerprint density at radius 2 is 1.83 bits per heavy atom. The van der Waals surface area contributed by atoms with E-state index in [4.69, 9.17) is 9.47 Å². The highest BCUT2D eigenvalue weighted by Gasteiger charge is 2.46. The van der Waals surface area contributed by atoms with E-state index < -0.39 is 17.7 Å². The summed E-state index contributed by atoms with van der Waals surface area (Å²) in [7, 11) is 0. The average molecular weight is 577 g/mol. The number of likely N-dealkylation sites (tertiary alicyclic amines) is 1. The molecule has 0 spiro atoms. The second-order valence-electron chi connectivity index (χ2n) is 11.0. The molecule has 4 rings (SSSR count). The van der Waals surface area contributed by atoms with Gasteiger partial charge in [0.1, 0.15) is 11.3 Å². The maximum atomic E-state index is 13.7. The number of carbonyl (C=O) groups is 2. The van der Waals surface area contributed by atoms with Crippen LogP contribution in [0.5, 0.6) is 11.5 Å². The number of hydrogen-bond acceptors (Lipinski definition) is 7. The molecular weight excluding hydrogens is 532 g/mol. The Bertz CT molecular complexity index is 1440. The lowest BCUT2D eigenvalue weighted by molar-refractivity contribution is -0.140. The van der Waals surface area contributed by atoms with Crippen LogP contribution in [0.2, 0.25) is 0 Å². The highest BCUT2D eigenvalue weighted by atomic mass is 16.5. The molecule has 0 saturated carbocycles. The molecule has 1 atom stereocenters. The highest BCUT2D eigenvalue weighted by molar-refractivity contribution is 6.46. The first-order valence-electron chi connectivity index (χ1n) is 15.1. The number of rotatable bonds is 14. The van der Waals surface area contributed by atoms with Gasteiger partial charge in [0, 0.05) is 12.7 Å². The van der Waals surface area contributed by atoms with Gasteiger partial charge >= 0.3 is 0 Å². The summed E-state index contributed by atoms with van der Waals surface area (Å²) in [5.41, 5.74) is 2.32. The molecule has 0 radical (unpaired) electrons. The number of hydrogen-bond donors (Lipinski definition) is 1. The predicted molar refractivity (Wildman–Crippen MR) is 164 cm³/mol. The van der Waals surface area contributed by atoms with Crippen LogP contribution in [0.25, 0.3) is 11.4 Å². The van der Waals surface area contributed by atoms with E-state index >= 15 is 0 Å². The van der Waals surface area contributed by atoms with Gasteiger partial charge in [0.15, 0.2) is 17.3 Å². The van der Waals surface area contributed by atoms with Crippen LogP contribution in [-0.4, -0.2) is 75.4 Å². The summed E-state index contributed by atoms with van der Waals surface area (Å²) in [4.78, 5) is 35.7. The van der Waals surface area contributed by atoms with Gasteiger partial charge in [-0.05, 0) is 82.1 Å². The number of ketones is 1. The van der Waals surface area contributed by atoms with Crippen LogP contribution in [0.15, 0.2) is 48.2 Å². The van der Waals surface area contributed by atoms with Crippen LogP contribution < -0.4 is 9.47 Å². The van der Waals surface area contributed by atoms with Gasteiger partial charge in [-0.3, -0.25) is 14.0 Å². The van der Waals surface area contributed by atoms with E-state index in [-0.39, 0.29) is 11.3 Å². The minimum Gasteiger partial charge on any atom is -0.505 e. The smallest absolute Gasteiger partial charge is 0.295 e. The van der Waals surface area contributed by atoms with Crippen molar-refractivity contribution in [3.63, 3.8) is 0 Å². The summed E-state index contributed by atoms with van der Waals surface area (Å²) >= 11 is 0. The molecule has 1 aromatic carbocycles. The third kappa shape index (κ3) is 6.46. The zero-order valence-corrected chi connectivity index (χ0v) is 25.7. The normalized spacial score (nSPS) is 16.8. The first kappa shape index (κ1) is 31.1. The lowest BCUT2D eigenvalue weighted by Gasteiger charge is -2.27. The van der Waals surface area contributed by atoms with E-state index in [1.165, 1.54) is 0 Å². The van der Waals surface area contributed by atoms with Crippen LogP contribution in [-0.2, 0) is 9.59 Å². The van der Waals surface area contributed by atoms with Crippen molar-refractivity contribution in [1.82, 2.24) is 19.2 Å². The molecule has 1 aliphatic heterocycles. The highest BCUT2D eigenvalue weighted by Crippen LogP contribution is 2.42. The molecular formula is C33H44N4O5. The Hall–Kier alpha value is -3.85. The summed E-state index contributed by atoms with van der Waals surface area (Å²) in [5, 5.41) is 11.8. The van der Waals surface area contributed by atoms with Crippen molar-refractivity contribution in [1.29, 1.82) is 0 Å². The number of imidazole rings is 1. The van der Waals surface area contributed by atoms with Crippen molar-refractivity contribution in [2.24, 2.45) is 5.92 Å². The molecule has 1 N–H and O–H groups in total. The van der Waals surface area contributed by atoms with Crippen molar-refractivity contribution in [2.75, 3.05) is 39.4 Å². The van der Waals surface area contributed by atoms with E-state index in [1.54, 1.807) is 22.4 Å². The number of Topliss-reactive ketones (excluding diaryl/α,β-unsaturated/α-hetero) is 1. The zero-order chi connectivity index (χ0) is 30.4. The zero-order valence-electron chi connectivity index (χ0n) is 25.7. The van der Waals surface area contributed by atoms with Gasteiger partial charge in [0.05, 0.1) is 30.5 Å². The van der Waals surface area contributed by atoms with E-state index in [9.17, 15) is 14.7 Å². The molecule has 3 aromatic rings. The van der Waals surface area contributed by atoms with Gasteiger partial charge in [-0.15, -0.1) is 0 Å². The van der Waals surface area contributed by atoms with Crippen molar-refractivity contribution < 1.29 is 24.2 Å². The second kappa shape index (κ2) is 13.9. The number of pyridine rings is 1. The molecule has 1 saturated heterocycles. The summed E-state index contributed by atoms with van der Waals surface area (Å²) < 4.78 is 13.7. The fraction of sp³-hybridized carbons (Fsp3) is 0.485. The lowest BCUT2D eigenvalue weighted by atomic mass is 9.95. The molecule has 42 heavy (non-hydrogen) atoms. The summed E-state index contributed by atoms with van der Waals surface area (Å²) in [6.07, 6.45) is 3.38. The maximum Gasteiger partial charge on any atom is 0.295 e. The van der Waals surface area contributed by atoms with Crippen molar-refractivity contribution >= 4 is 23.1 Å². The molecule has 226 valence electrons. The number of aliphatic hydroxyl groups excluding tert-OH is 1. The molecule has 0 bridgehead atoms. The van der Waals surface area contributed by atoms with Crippen molar-refractivity contribution in [2.45, 2.75) is 60.4 Å². The number of nitrogens with zero attached hydrogens (tertiary/aromatic N) is 4. The van der Waals surface area contributed by atoms with E-state index in [2.05, 4.69) is 37.6 Å². The molecule has 9 nitrogen and oxygen atoms in total. The van der Waals surface area contributed by atoms with Crippen LogP contribution >= 0.6 is 0 Å². The number of amides is 1. The Morgan fingerprint density at radius 1 is 1.07 bits per heavy atom. The molecule has 1 unspecified atom stereocenters. The Morgan fingerprint density at radius 3 is 2.52 bits per heavy atom. The minimum absolute atomic E-state index is 0.0486. The van der Waals surface area contributed by atoms with Crippen LogP contribution in [0.1, 0.15) is 70.5 Å². The van der Waals surface area contributed by atoms with Crippen LogP contribution in [0.4, 0.5) is 0 Å². The quantitative estimate of drug-likeness (QED) is 0.151. The Kier molecular flexibility index (Phi) is 10.3. The first-order valence-corrected chi connectivity index (χ1v) is 15.1. The largest absolute Gasteiger partial charge is 0.505 e. The molecule has 1 aliphatic rings. The molecule has 3 heterocycles. The molecule has 9 heteroatoms. The second-order valence-corrected chi connectivity index (χ2v) is 11.0. The van der Waals surface area contributed by atoms with Gasteiger partial charge in [-0.2, -0.15) is 0 Å². The minimum atomic E-state index is -0.792. The van der Waals surface area contributed by atoms with Gasteiger partial charge in [0.25, 0.3) is 11.7 Å². The number of aliphatic hydroxyl groups is 1. The van der Waals surface area contributed by atoms with Gasteiger partial charge < -0.3 is 24.4 Å². The summed E-state index contributed by atoms with van der Waals surface area (Å²) in [5.74, 6) is 0.0782. The van der Waals surface area contributed by atoms with Gasteiger partial charge in [0.2, 0.25) is 0 Å². The molecule has 1 fully saturated rings.